The van der Waals surface area contributed by atoms with Crippen LogP contribution in [0.25, 0.3) is 10.8 Å². The maximum Gasteiger partial charge on any atom is 0.323 e. The van der Waals surface area contributed by atoms with Crippen LogP contribution in [0.4, 0.5) is 9.18 Å². The largest absolute Gasteiger partial charge is 0.494 e. The number of amides is 3. The molecule has 0 bridgehead atoms. The number of fused-ring (bicyclic) bond motifs is 1. The molecule has 3 amide bonds. The van der Waals surface area contributed by atoms with Crippen LogP contribution in [0.5, 0.6) is 5.88 Å². The Balaban J connectivity index is 1.77. The SMILES string of the molecule is O=C1NC(=O)[C@@](C#Cc2cccnc2)(Cn2cc3ccc(F)cc3c2O)N1. The van der Waals surface area contributed by atoms with Gasteiger partial charge in [0.05, 0.1) is 6.54 Å². The van der Waals surface area contributed by atoms with Crippen LogP contribution in [0, 0.1) is 17.7 Å². The molecule has 0 radical (unpaired) electrons. The van der Waals surface area contributed by atoms with Gasteiger partial charge in [0.2, 0.25) is 5.54 Å². The lowest BCUT2D eigenvalue weighted by Crippen LogP contribution is -2.49. The van der Waals surface area contributed by atoms with Crippen LogP contribution >= 0.6 is 0 Å². The summed E-state index contributed by atoms with van der Waals surface area (Å²) in [5, 5.41) is 16.0. The number of imide groups is 1. The third-order valence-corrected chi connectivity index (χ3v) is 4.25. The van der Waals surface area contributed by atoms with Crippen molar-refractivity contribution in [3.63, 3.8) is 0 Å². The highest BCUT2D eigenvalue weighted by Gasteiger charge is 2.46. The van der Waals surface area contributed by atoms with E-state index in [0.29, 0.717) is 16.3 Å². The summed E-state index contributed by atoms with van der Waals surface area (Å²) in [4.78, 5) is 28.1. The quantitative estimate of drug-likeness (QED) is 0.474. The second-order valence-corrected chi connectivity index (χ2v) is 6.12. The fraction of sp³-hybridized carbons (Fsp3) is 0.105. The molecule has 0 unspecified atom stereocenters. The molecular weight excluding hydrogens is 351 g/mol. The zero-order valence-corrected chi connectivity index (χ0v) is 13.9. The number of pyridine rings is 1. The Morgan fingerprint density at radius 3 is 2.85 bits per heavy atom. The van der Waals surface area contributed by atoms with E-state index in [4.69, 9.17) is 0 Å². The first-order chi connectivity index (χ1) is 13.0. The van der Waals surface area contributed by atoms with Gasteiger partial charge in [0, 0.05) is 34.9 Å². The highest BCUT2D eigenvalue weighted by molar-refractivity contribution is 6.09. The molecule has 0 spiro atoms. The van der Waals surface area contributed by atoms with Gasteiger partial charge >= 0.3 is 6.03 Å². The zero-order chi connectivity index (χ0) is 19.0. The molecule has 1 fully saturated rings. The molecule has 8 heteroatoms. The van der Waals surface area contributed by atoms with Crippen molar-refractivity contribution in [1.29, 1.82) is 0 Å². The smallest absolute Gasteiger partial charge is 0.323 e. The molecule has 0 saturated carbocycles. The van der Waals surface area contributed by atoms with Crippen molar-refractivity contribution in [2.45, 2.75) is 12.1 Å². The van der Waals surface area contributed by atoms with E-state index in [2.05, 4.69) is 27.5 Å². The number of nitrogens with one attached hydrogen (secondary N) is 2. The summed E-state index contributed by atoms with van der Waals surface area (Å²) < 4.78 is 14.8. The first-order valence-electron chi connectivity index (χ1n) is 8.01. The van der Waals surface area contributed by atoms with Crippen molar-refractivity contribution in [3.8, 4) is 17.7 Å². The molecule has 27 heavy (non-hydrogen) atoms. The first kappa shape index (κ1) is 16.6. The normalized spacial score (nSPS) is 18.7. The molecule has 1 saturated heterocycles. The second-order valence-electron chi connectivity index (χ2n) is 6.12. The van der Waals surface area contributed by atoms with E-state index in [-0.39, 0.29) is 12.4 Å². The van der Waals surface area contributed by atoms with E-state index < -0.39 is 23.3 Å². The maximum absolute atomic E-state index is 13.5. The van der Waals surface area contributed by atoms with Crippen LogP contribution < -0.4 is 10.6 Å². The number of aromatic hydroxyl groups is 1. The molecule has 1 aliphatic heterocycles. The minimum atomic E-state index is -1.59. The van der Waals surface area contributed by atoms with Gasteiger partial charge in [0.15, 0.2) is 5.88 Å². The number of rotatable bonds is 2. The van der Waals surface area contributed by atoms with E-state index in [1.165, 1.54) is 29.0 Å². The predicted octanol–water partition coefficient (Wildman–Crippen LogP) is 1.51. The lowest BCUT2D eigenvalue weighted by molar-refractivity contribution is -0.122. The molecule has 7 nitrogen and oxygen atoms in total. The van der Waals surface area contributed by atoms with Crippen molar-refractivity contribution in [2.75, 3.05) is 0 Å². The Labute approximate surface area is 152 Å². The van der Waals surface area contributed by atoms with Crippen molar-refractivity contribution < 1.29 is 19.1 Å². The summed E-state index contributed by atoms with van der Waals surface area (Å²) in [7, 11) is 0. The van der Waals surface area contributed by atoms with Crippen molar-refractivity contribution in [3.05, 3.63) is 60.3 Å². The molecular formula is C19H13FN4O3. The number of carbonyl (C=O) groups is 2. The van der Waals surface area contributed by atoms with Gasteiger partial charge in [-0.15, -0.1) is 0 Å². The van der Waals surface area contributed by atoms with Crippen LogP contribution in [-0.4, -0.2) is 32.1 Å². The molecule has 1 atom stereocenters. The number of aromatic nitrogens is 2. The zero-order valence-electron chi connectivity index (χ0n) is 13.9. The molecule has 0 aliphatic carbocycles. The highest BCUT2D eigenvalue weighted by atomic mass is 19.1. The summed E-state index contributed by atoms with van der Waals surface area (Å²) >= 11 is 0. The predicted molar refractivity (Wildman–Crippen MR) is 94.1 cm³/mol. The Morgan fingerprint density at radius 2 is 2.15 bits per heavy atom. The third kappa shape index (κ3) is 2.95. The van der Waals surface area contributed by atoms with Gasteiger partial charge in [-0.25, -0.2) is 9.18 Å². The molecule has 3 heterocycles. The third-order valence-electron chi connectivity index (χ3n) is 4.25. The summed E-state index contributed by atoms with van der Waals surface area (Å²) in [6, 6.07) is 6.72. The topological polar surface area (TPSA) is 96.2 Å². The lowest BCUT2D eigenvalue weighted by atomic mass is 10.00. The van der Waals surface area contributed by atoms with Crippen molar-refractivity contribution in [1.82, 2.24) is 20.2 Å². The van der Waals surface area contributed by atoms with E-state index >= 15 is 0 Å². The summed E-state index contributed by atoms with van der Waals surface area (Å²) in [5.41, 5.74) is -1.02. The molecule has 1 aromatic carbocycles. The minimum Gasteiger partial charge on any atom is -0.494 e. The van der Waals surface area contributed by atoms with Gasteiger partial charge < -0.3 is 15.0 Å². The Kier molecular flexibility index (Phi) is 3.78. The number of nitrogens with zero attached hydrogens (tertiary/aromatic N) is 2. The Bertz CT molecular complexity index is 1130. The van der Waals surface area contributed by atoms with Gasteiger partial charge in [0.1, 0.15) is 5.82 Å². The highest BCUT2D eigenvalue weighted by Crippen LogP contribution is 2.29. The van der Waals surface area contributed by atoms with E-state index in [1.807, 2.05) is 0 Å². The summed E-state index contributed by atoms with van der Waals surface area (Å²) in [6.07, 6.45) is 4.68. The fourth-order valence-electron chi connectivity index (χ4n) is 2.94. The summed E-state index contributed by atoms with van der Waals surface area (Å²) in [5.74, 6) is 4.26. The first-order valence-corrected chi connectivity index (χ1v) is 8.01. The van der Waals surface area contributed by atoms with Gasteiger partial charge in [-0.1, -0.05) is 11.8 Å². The number of urea groups is 1. The van der Waals surface area contributed by atoms with Crippen LogP contribution in [0.3, 0.4) is 0 Å². The molecule has 134 valence electrons. The average Bonchev–Trinajstić information content (AvgIpc) is 3.11. The monoisotopic (exact) mass is 364 g/mol. The van der Waals surface area contributed by atoms with Gasteiger partial charge in [-0.2, -0.15) is 0 Å². The van der Waals surface area contributed by atoms with E-state index in [1.54, 1.807) is 24.5 Å². The number of carbonyl (C=O) groups excluding carboxylic acids is 2. The molecule has 2 aromatic heterocycles. The number of halogens is 1. The fourth-order valence-corrected chi connectivity index (χ4v) is 2.94. The molecule has 4 rings (SSSR count). The number of benzene rings is 1. The number of hydrogen-bond acceptors (Lipinski definition) is 4. The minimum absolute atomic E-state index is 0.153. The van der Waals surface area contributed by atoms with Crippen LogP contribution in [-0.2, 0) is 11.3 Å². The van der Waals surface area contributed by atoms with E-state index in [0.717, 1.165) is 0 Å². The molecule has 1 aliphatic rings. The maximum atomic E-state index is 13.5. The average molecular weight is 364 g/mol. The lowest BCUT2D eigenvalue weighted by Gasteiger charge is -2.20. The van der Waals surface area contributed by atoms with Gasteiger partial charge in [-0.3, -0.25) is 15.1 Å². The summed E-state index contributed by atoms with van der Waals surface area (Å²) in [6.45, 7) is -0.153. The van der Waals surface area contributed by atoms with Crippen LogP contribution in [0.2, 0.25) is 0 Å². The van der Waals surface area contributed by atoms with Crippen molar-refractivity contribution >= 4 is 22.7 Å². The molecule has 3 aromatic rings. The van der Waals surface area contributed by atoms with Gasteiger partial charge in [0.25, 0.3) is 5.91 Å². The Hall–Kier alpha value is -3.86. The van der Waals surface area contributed by atoms with E-state index in [9.17, 15) is 19.1 Å². The standard InChI is InChI=1S/C19H13FN4O3/c20-14-4-3-13-10-24(16(25)15(13)8-14)11-19(17(26)22-18(27)23-19)6-5-12-2-1-7-21-9-12/h1-4,7-10,25H,11H2,(H2,22,23,26,27)/t19-/m1/s1. The number of hydrogen-bond donors (Lipinski definition) is 3. The van der Waals surface area contributed by atoms with Gasteiger partial charge in [-0.05, 0) is 30.3 Å². The second kappa shape index (κ2) is 6.14. The van der Waals surface area contributed by atoms with Crippen molar-refractivity contribution in [2.24, 2.45) is 0 Å². The Morgan fingerprint density at radius 1 is 1.30 bits per heavy atom. The van der Waals surface area contributed by atoms with Crippen LogP contribution in [0.1, 0.15) is 5.56 Å². The molecule has 3 N–H and O–H groups in total. The van der Waals surface area contributed by atoms with Crippen LogP contribution in [0.15, 0.2) is 48.9 Å².